The molecule has 3 nitrogen and oxygen atoms in total. The van der Waals surface area contributed by atoms with Crippen molar-refractivity contribution in [2.75, 3.05) is 6.54 Å². The third-order valence-electron chi connectivity index (χ3n) is 3.86. The number of rotatable bonds is 2. The topological polar surface area (TPSA) is 41.1 Å². The third-order valence-corrected chi connectivity index (χ3v) is 3.86. The summed E-state index contributed by atoms with van der Waals surface area (Å²) in [4.78, 5) is 12.0. The van der Waals surface area contributed by atoms with Gasteiger partial charge in [0.1, 0.15) is 0 Å². The Labute approximate surface area is 92.0 Å². The number of nitrogens with one attached hydrogen (secondary N) is 2. The van der Waals surface area contributed by atoms with Gasteiger partial charge in [-0.1, -0.05) is 6.92 Å². The largest absolute Gasteiger partial charge is 0.350 e. The molecule has 2 fully saturated rings. The van der Waals surface area contributed by atoms with Gasteiger partial charge in [-0.05, 0) is 51.5 Å². The van der Waals surface area contributed by atoms with Crippen molar-refractivity contribution in [3.05, 3.63) is 0 Å². The molecule has 2 N–H and O–H groups in total. The zero-order valence-electron chi connectivity index (χ0n) is 9.81. The zero-order valence-corrected chi connectivity index (χ0v) is 9.81. The molecule has 15 heavy (non-hydrogen) atoms. The van der Waals surface area contributed by atoms with Crippen molar-refractivity contribution in [1.29, 1.82) is 0 Å². The molecule has 1 amide bonds. The summed E-state index contributed by atoms with van der Waals surface area (Å²) >= 11 is 0. The summed E-state index contributed by atoms with van der Waals surface area (Å²) in [6.45, 7) is 5.36. The number of carbonyl (C=O) groups excluding carboxylic acids is 1. The van der Waals surface area contributed by atoms with Crippen molar-refractivity contribution in [3.63, 3.8) is 0 Å². The minimum Gasteiger partial charge on any atom is -0.350 e. The smallest absolute Gasteiger partial charge is 0.237 e. The quantitative estimate of drug-likeness (QED) is 0.724. The first kappa shape index (κ1) is 10.9. The van der Waals surface area contributed by atoms with Gasteiger partial charge in [0.2, 0.25) is 5.91 Å². The van der Waals surface area contributed by atoms with Crippen LogP contribution in [0.5, 0.6) is 0 Å². The normalized spacial score (nSPS) is 34.3. The second-order valence-corrected chi connectivity index (χ2v) is 5.54. The summed E-state index contributed by atoms with van der Waals surface area (Å²) in [7, 11) is 0. The highest BCUT2D eigenvalue weighted by Gasteiger charge is 2.35. The predicted octanol–water partition coefficient (Wildman–Crippen LogP) is 1.43. The van der Waals surface area contributed by atoms with Crippen LogP contribution in [0.15, 0.2) is 0 Å². The van der Waals surface area contributed by atoms with E-state index in [1.54, 1.807) is 0 Å². The van der Waals surface area contributed by atoms with Crippen LogP contribution >= 0.6 is 0 Å². The van der Waals surface area contributed by atoms with Gasteiger partial charge in [-0.15, -0.1) is 0 Å². The van der Waals surface area contributed by atoms with Crippen molar-refractivity contribution < 1.29 is 4.79 Å². The maximum absolute atomic E-state index is 12.0. The summed E-state index contributed by atoms with van der Waals surface area (Å²) in [5, 5.41) is 6.49. The van der Waals surface area contributed by atoms with Crippen molar-refractivity contribution >= 4 is 5.91 Å². The Hall–Kier alpha value is -0.570. The maximum atomic E-state index is 12.0. The molecule has 0 spiro atoms. The fraction of sp³-hybridized carbons (Fsp3) is 0.917. The molecule has 3 heteroatoms. The first-order chi connectivity index (χ1) is 7.09. The highest BCUT2D eigenvalue weighted by molar-refractivity contribution is 5.82. The fourth-order valence-corrected chi connectivity index (χ4v) is 2.52. The summed E-state index contributed by atoms with van der Waals surface area (Å²) in [6.07, 6.45) is 5.72. The van der Waals surface area contributed by atoms with E-state index in [0.717, 1.165) is 25.8 Å². The van der Waals surface area contributed by atoms with Gasteiger partial charge < -0.3 is 10.6 Å². The highest BCUT2D eigenvalue weighted by atomic mass is 16.2. The lowest BCUT2D eigenvalue weighted by Crippen LogP contribution is -2.57. The Morgan fingerprint density at radius 1 is 1.47 bits per heavy atom. The Balaban J connectivity index is 1.84. The van der Waals surface area contributed by atoms with Gasteiger partial charge in [-0.2, -0.15) is 0 Å². The highest BCUT2D eigenvalue weighted by Crippen LogP contribution is 2.31. The van der Waals surface area contributed by atoms with Gasteiger partial charge in [0.15, 0.2) is 0 Å². The zero-order chi connectivity index (χ0) is 10.9. The minimum atomic E-state index is 0.0474. The van der Waals surface area contributed by atoms with E-state index in [9.17, 15) is 4.79 Å². The monoisotopic (exact) mass is 210 g/mol. The van der Waals surface area contributed by atoms with E-state index in [1.165, 1.54) is 12.8 Å². The van der Waals surface area contributed by atoms with Crippen LogP contribution in [-0.2, 0) is 4.79 Å². The van der Waals surface area contributed by atoms with Crippen LogP contribution in [0, 0.1) is 5.92 Å². The lowest BCUT2D eigenvalue weighted by molar-refractivity contribution is -0.126. The van der Waals surface area contributed by atoms with E-state index < -0.39 is 0 Å². The van der Waals surface area contributed by atoms with Crippen molar-refractivity contribution in [1.82, 2.24) is 10.6 Å². The van der Waals surface area contributed by atoms with Crippen molar-refractivity contribution in [3.8, 4) is 0 Å². The average Bonchev–Trinajstić information content (AvgIpc) is 2.15. The summed E-state index contributed by atoms with van der Waals surface area (Å²) in [6, 6.07) is 0.0474. The molecule has 1 aliphatic heterocycles. The Morgan fingerprint density at radius 2 is 2.20 bits per heavy atom. The molecule has 1 saturated heterocycles. The molecule has 0 bridgehead atoms. The van der Waals surface area contributed by atoms with Gasteiger partial charge in [0.25, 0.3) is 0 Å². The van der Waals surface area contributed by atoms with Gasteiger partial charge in [0.05, 0.1) is 6.04 Å². The molecular weight excluding hydrogens is 188 g/mol. The number of piperidine rings is 1. The summed E-state index contributed by atoms with van der Waals surface area (Å²) in [5.74, 6) is 0.889. The van der Waals surface area contributed by atoms with E-state index in [2.05, 4.69) is 24.5 Å². The molecule has 0 aromatic carbocycles. The van der Waals surface area contributed by atoms with E-state index in [0.29, 0.717) is 5.92 Å². The first-order valence-corrected chi connectivity index (χ1v) is 6.14. The molecule has 1 saturated carbocycles. The average molecular weight is 210 g/mol. The van der Waals surface area contributed by atoms with Gasteiger partial charge in [-0.25, -0.2) is 0 Å². The number of amides is 1. The van der Waals surface area contributed by atoms with Crippen molar-refractivity contribution in [2.24, 2.45) is 5.92 Å². The van der Waals surface area contributed by atoms with E-state index in [4.69, 9.17) is 0 Å². The molecule has 2 rings (SSSR count). The van der Waals surface area contributed by atoms with Crippen LogP contribution in [0.1, 0.15) is 46.0 Å². The maximum Gasteiger partial charge on any atom is 0.237 e. The predicted molar refractivity (Wildman–Crippen MR) is 60.6 cm³/mol. The standard InChI is InChI=1S/C12H22N2O/c1-9-4-7-13-10(8-9)11(15)14-12(2)5-3-6-12/h9-10,13H,3-8H2,1-2H3,(H,14,15). The molecule has 2 atom stereocenters. The third kappa shape index (κ3) is 2.51. The Bertz CT molecular complexity index is 248. The van der Waals surface area contributed by atoms with Crippen LogP contribution in [0.2, 0.25) is 0 Å². The molecule has 1 aliphatic carbocycles. The van der Waals surface area contributed by atoms with E-state index in [1.807, 2.05) is 0 Å². The van der Waals surface area contributed by atoms with Crippen LogP contribution in [-0.4, -0.2) is 24.0 Å². The molecule has 0 aromatic heterocycles. The fourth-order valence-electron chi connectivity index (χ4n) is 2.52. The number of hydrogen-bond donors (Lipinski definition) is 2. The van der Waals surface area contributed by atoms with Crippen LogP contribution < -0.4 is 10.6 Å². The lowest BCUT2D eigenvalue weighted by atomic mass is 9.78. The first-order valence-electron chi connectivity index (χ1n) is 6.14. The summed E-state index contributed by atoms with van der Waals surface area (Å²) in [5.41, 5.74) is 0.0967. The Kier molecular flexibility index (Phi) is 3.01. The molecular formula is C12H22N2O. The molecule has 2 aliphatic rings. The van der Waals surface area contributed by atoms with Crippen LogP contribution in [0.4, 0.5) is 0 Å². The van der Waals surface area contributed by atoms with Crippen molar-refractivity contribution in [2.45, 2.75) is 57.5 Å². The number of carbonyl (C=O) groups is 1. The van der Waals surface area contributed by atoms with Gasteiger partial charge in [-0.3, -0.25) is 4.79 Å². The molecule has 1 heterocycles. The molecule has 0 radical (unpaired) electrons. The minimum absolute atomic E-state index is 0.0474. The van der Waals surface area contributed by atoms with E-state index in [-0.39, 0.29) is 17.5 Å². The molecule has 2 unspecified atom stereocenters. The summed E-state index contributed by atoms with van der Waals surface area (Å²) < 4.78 is 0. The molecule has 86 valence electrons. The SMILES string of the molecule is CC1CCNC(C(=O)NC2(C)CCC2)C1. The van der Waals surface area contributed by atoms with Crippen LogP contribution in [0.3, 0.4) is 0 Å². The second kappa shape index (κ2) is 4.12. The Morgan fingerprint density at radius 3 is 2.73 bits per heavy atom. The van der Waals surface area contributed by atoms with E-state index >= 15 is 0 Å². The van der Waals surface area contributed by atoms with Gasteiger partial charge in [0, 0.05) is 5.54 Å². The second-order valence-electron chi connectivity index (χ2n) is 5.54. The van der Waals surface area contributed by atoms with Crippen LogP contribution in [0.25, 0.3) is 0 Å². The molecule has 0 aromatic rings. The van der Waals surface area contributed by atoms with Gasteiger partial charge >= 0.3 is 0 Å². The number of hydrogen-bond acceptors (Lipinski definition) is 2. The lowest BCUT2D eigenvalue weighted by Gasteiger charge is -2.41.